The van der Waals surface area contributed by atoms with E-state index in [9.17, 15) is 0 Å². The Morgan fingerprint density at radius 1 is 0.294 bits per heavy atom. The fourth-order valence-electron chi connectivity index (χ4n) is 8.76. The summed E-state index contributed by atoms with van der Waals surface area (Å²) in [6, 6.07) is 86.5. The molecule has 0 fully saturated rings. The minimum atomic E-state index is -1.18. The van der Waals surface area contributed by atoms with Gasteiger partial charge in [-0.25, -0.2) is 0 Å². The summed E-state index contributed by atoms with van der Waals surface area (Å²) in [5, 5.41) is 18.2. The van der Waals surface area contributed by atoms with Gasteiger partial charge < -0.3 is 12.8 Å². The Bertz CT molecular complexity index is 3210. The van der Waals surface area contributed by atoms with Gasteiger partial charge in [-0.15, -0.1) is 23.3 Å². The summed E-state index contributed by atoms with van der Waals surface area (Å²) in [6.07, 6.45) is 14.6. The molecule has 0 N–H and O–H groups in total. The summed E-state index contributed by atoms with van der Waals surface area (Å²) >= 11 is 0. The molecule has 68 heavy (non-hydrogen) atoms. The molecule has 0 spiro atoms. The van der Waals surface area contributed by atoms with E-state index in [0.717, 1.165) is 32.7 Å². The van der Waals surface area contributed by atoms with Crippen molar-refractivity contribution in [2.24, 2.45) is 0 Å². The zero-order valence-electron chi connectivity index (χ0n) is 37.7. The van der Waals surface area contributed by atoms with Gasteiger partial charge in [-0.1, -0.05) is 168 Å². The van der Waals surface area contributed by atoms with Gasteiger partial charge >= 0.3 is 44.8 Å². The van der Waals surface area contributed by atoms with Gasteiger partial charge in [0, 0.05) is 0 Å². The maximum absolute atomic E-state index is 7.28. The van der Waals surface area contributed by atoms with Crippen LogP contribution in [0.3, 0.4) is 0 Å². The van der Waals surface area contributed by atoms with E-state index in [-0.39, 0.29) is 44.8 Å². The molecule has 0 bridgehead atoms. The molecule has 0 aliphatic rings. The third kappa shape index (κ3) is 11.3. The minimum absolute atomic E-state index is 0. The molecule has 0 aliphatic heterocycles. The van der Waals surface area contributed by atoms with Gasteiger partial charge in [0.2, 0.25) is 0 Å². The summed E-state index contributed by atoms with van der Waals surface area (Å²) in [4.78, 5) is 0. The van der Waals surface area contributed by atoms with Crippen LogP contribution in [0.25, 0.3) is 43.1 Å². The van der Waals surface area contributed by atoms with E-state index < -0.39 is 15.8 Å². The van der Waals surface area contributed by atoms with Crippen LogP contribution < -0.4 is 31.8 Å². The molecule has 0 aliphatic carbocycles. The van der Waals surface area contributed by atoms with Gasteiger partial charge in [0.1, 0.15) is 47.7 Å². The summed E-state index contributed by atoms with van der Waals surface area (Å²) in [5.41, 5.74) is 4.44. The first-order valence-electron chi connectivity index (χ1n) is 22.2. The van der Waals surface area contributed by atoms with E-state index >= 15 is 0 Å². The Hall–Kier alpha value is -6.08. The molecule has 0 nitrogen and oxygen atoms in total. The zero-order chi connectivity index (χ0) is 45.2. The second kappa shape index (κ2) is 23.8. The second-order valence-electron chi connectivity index (χ2n) is 16.4. The average molecular weight is 1090 g/mol. The first kappa shape index (κ1) is 49.8. The van der Waals surface area contributed by atoms with E-state index in [0.29, 0.717) is 0 Å². The third-order valence-electron chi connectivity index (χ3n) is 12.2. The van der Waals surface area contributed by atoms with Gasteiger partial charge in [-0.3, -0.25) is 11.8 Å². The van der Waals surface area contributed by atoms with Crippen LogP contribution in [0.1, 0.15) is 22.3 Å². The normalized spacial score (nSPS) is 10.5. The third-order valence-corrected chi connectivity index (χ3v) is 18.0. The molecule has 0 saturated carbocycles. The monoisotopic (exact) mass is 1090 g/mol. The van der Waals surface area contributed by atoms with Crippen molar-refractivity contribution in [1.29, 1.82) is 0 Å². The molecule has 0 atom stereocenters. The maximum Gasteiger partial charge on any atom is 1.00 e. The number of fused-ring (bicyclic) bond motifs is 4. The predicted octanol–water partition coefficient (Wildman–Crippen LogP) is 13.1. The fourth-order valence-corrected chi connectivity index (χ4v) is 14.9. The van der Waals surface area contributed by atoms with E-state index in [4.69, 9.17) is 12.8 Å². The van der Waals surface area contributed by atoms with Crippen LogP contribution in [0.2, 0.25) is 0 Å². The zero-order valence-corrected chi connectivity index (χ0v) is 42.7. The van der Waals surface area contributed by atoms with Gasteiger partial charge in [0.15, 0.2) is 0 Å². The molecule has 11 aromatic rings. The maximum atomic E-state index is 7.28. The molecular weight excluding hydrogens is 1050 g/mol. The van der Waals surface area contributed by atoms with Gasteiger partial charge in [0.25, 0.3) is 0 Å². The quantitative estimate of drug-likeness (QED) is 0.0512. The van der Waals surface area contributed by atoms with Crippen molar-refractivity contribution in [2.75, 3.05) is 0 Å². The fraction of sp³-hybridized carbons (Fsp3) is 0.0312. The Labute approximate surface area is 435 Å². The summed E-state index contributed by atoms with van der Waals surface area (Å²) < 4.78 is 0. The summed E-state index contributed by atoms with van der Waals surface area (Å²) in [7, 11) is -2.36. The van der Waals surface area contributed by atoms with Crippen molar-refractivity contribution in [1.82, 2.24) is 0 Å². The van der Waals surface area contributed by atoms with E-state index in [1.54, 1.807) is 0 Å². The van der Waals surface area contributed by atoms with Crippen molar-refractivity contribution < 1.29 is 44.8 Å². The minimum Gasteiger partial charge on any atom is -0.366 e. The molecule has 0 aromatic heterocycles. The molecule has 0 unspecified atom stereocenters. The van der Waals surface area contributed by atoms with Gasteiger partial charge in [-0.2, -0.15) is 0 Å². The standard InChI is InChI=1S/C32H28P2.2C16H9.2Ag/c1-25-23-31(33(27-15-7-3-8-16-27)28-17-9-4-10-18-28)32(24-26(25)2)34(29-19-11-5-12-20-29)30-21-13-6-14-22-30;2*1-2-12-8-5-9-15-10-13-6-3-4-7-14(13)11-16(12)15;;/h3-24H,1-2H3;2*3-11H;;/q;2*-1;2*+1/p+2. The van der Waals surface area contributed by atoms with Crippen LogP contribution in [0, 0.1) is 38.5 Å². The van der Waals surface area contributed by atoms with Crippen LogP contribution in [0.5, 0.6) is 0 Å². The Morgan fingerprint density at radius 3 is 0.853 bits per heavy atom. The number of hydrogen-bond acceptors (Lipinski definition) is 0. The average Bonchev–Trinajstić information content (AvgIpc) is 3.38. The van der Waals surface area contributed by atoms with Gasteiger partial charge in [-0.05, 0) is 130 Å². The van der Waals surface area contributed by atoms with Crippen LogP contribution in [-0.4, -0.2) is 0 Å². The first-order valence-corrected chi connectivity index (χ1v) is 25.2. The molecule has 0 saturated heterocycles. The molecule has 11 rings (SSSR count). The largest absolute Gasteiger partial charge is 1.00 e. The van der Waals surface area contributed by atoms with Crippen molar-refractivity contribution in [3.8, 4) is 11.8 Å². The SMILES string of the molecule is Cc1cc([PH+](c2ccccc2)c2ccccc2)c([PH+](c2ccccc2)c2ccccc2)cc1C.[Ag+].[Ag+].[C-]#Cc1cccc2cc3ccccc3cc12.[C-]#Cc1cccc2cc3ccccc3cc12. The van der Waals surface area contributed by atoms with E-state index in [1.807, 2.05) is 48.5 Å². The first-order chi connectivity index (χ1) is 32.5. The smallest absolute Gasteiger partial charge is 0.366 e. The molecule has 11 aromatic carbocycles. The van der Waals surface area contributed by atoms with Gasteiger partial charge in [0.05, 0.1) is 0 Å². The van der Waals surface area contributed by atoms with E-state index in [1.165, 1.54) is 64.5 Å². The van der Waals surface area contributed by atoms with Crippen molar-refractivity contribution in [3.63, 3.8) is 0 Å². The number of benzene rings is 11. The van der Waals surface area contributed by atoms with Crippen molar-refractivity contribution >= 4 is 90.8 Å². The Morgan fingerprint density at radius 2 is 0.559 bits per heavy atom. The van der Waals surface area contributed by atoms with Crippen molar-refractivity contribution in [3.05, 3.63) is 278 Å². The van der Waals surface area contributed by atoms with Crippen LogP contribution in [-0.2, 0) is 44.8 Å². The molecule has 0 radical (unpaired) electrons. The van der Waals surface area contributed by atoms with E-state index in [2.05, 4.69) is 220 Å². The number of aryl methyl sites for hydroxylation is 2. The Balaban J connectivity index is 0.000000167. The number of rotatable bonds is 6. The summed E-state index contributed by atoms with van der Waals surface area (Å²) in [6.45, 7) is 4.52. The molecule has 334 valence electrons. The molecule has 4 heteroatoms. The van der Waals surface area contributed by atoms with Crippen molar-refractivity contribution in [2.45, 2.75) is 13.8 Å². The predicted molar refractivity (Wildman–Crippen MR) is 291 cm³/mol. The molecular formula is C64H48Ag2P2+2. The van der Waals surface area contributed by atoms with Crippen LogP contribution in [0.4, 0.5) is 0 Å². The second-order valence-corrected chi connectivity index (χ2v) is 21.3. The van der Waals surface area contributed by atoms with Crippen LogP contribution in [0.15, 0.2) is 243 Å². The van der Waals surface area contributed by atoms with Crippen LogP contribution >= 0.6 is 15.8 Å². The summed E-state index contributed by atoms with van der Waals surface area (Å²) in [5.74, 6) is 4.97. The molecule has 0 amide bonds. The number of hydrogen-bond donors (Lipinski definition) is 0. The Kier molecular flexibility index (Phi) is 17.4. The topological polar surface area (TPSA) is 0 Å². The molecule has 0 heterocycles.